The fourth-order valence-corrected chi connectivity index (χ4v) is 3.90. The smallest absolute Gasteiger partial charge is 0.255 e. The molecular formula is C22H27Cl2N5O2. The first kappa shape index (κ1) is 24.7. The predicted octanol–water partition coefficient (Wildman–Crippen LogP) is 3.73. The van der Waals surface area contributed by atoms with Crippen molar-refractivity contribution in [2.75, 3.05) is 32.0 Å². The Morgan fingerprint density at radius 2 is 2.00 bits per heavy atom. The summed E-state index contributed by atoms with van der Waals surface area (Å²) in [4.78, 5) is 34.7. The molecule has 3 N–H and O–H groups in total. The number of rotatable bonds is 5. The van der Waals surface area contributed by atoms with E-state index in [0.717, 1.165) is 43.5 Å². The molecule has 3 aromatic rings. The Morgan fingerprint density at radius 1 is 1.16 bits per heavy atom. The van der Waals surface area contributed by atoms with E-state index in [1.165, 1.54) is 0 Å². The number of carbonyl (C=O) groups is 2. The first-order valence-electron chi connectivity index (χ1n) is 9.92. The number of halogens is 2. The van der Waals surface area contributed by atoms with E-state index in [2.05, 4.69) is 20.6 Å². The van der Waals surface area contributed by atoms with Crippen LogP contribution in [0.15, 0.2) is 48.8 Å². The minimum Gasteiger partial charge on any atom is -0.345 e. The number of nitrogens with one attached hydrogen (secondary N) is 3. The van der Waals surface area contributed by atoms with E-state index in [-0.39, 0.29) is 36.6 Å². The van der Waals surface area contributed by atoms with Crippen LogP contribution in [0.1, 0.15) is 33.6 Å². The van der Waals surface area contributed by atoms with Gasteiger partial charge in [-0.3, -0.25) is 9.59 Å². The van der Waals surface area contributed by atoms with Crippen molar-refractivity contribution in [2.24, 2.45) is 5.92 Å². The van der Waals surface area contributed by atoms with Gasteiger partial charge in [-0.1, -0.05) is 6.07 Å². The Morgan fingerprint density at radius 3 is 2.81 bits per heavy atom. The summed E-state index contributed by atoms with van der Waals surface area (Å²) >= 11 is 0. The molecule has 1 aromatic heterocycles. The normalized spacial score (nSPS) is 15.6. The van der Waals surface area contributed by atoms with E-state index >= 15 is 0 Å². The van der Waals surface area contributed by atoms with Crippen molar-refractivity contribution in [1.29, 1.82) is 0 Å². The highest BCUT2D eigenvalue weighted by atomic mass is 35.5. The Kier molecular flexibility index (Phi) is 8.86. The van der Waals surface area contributed by atoms with Crippen LogP contribution in [0.2, 0.25) is 0 Å². The summed E-state index contributed by atoms with van der Waals surface area (Å²) in [5, 5.41) is 6.09. The molecule has 166 valence electrons. The molecule has 0 saturated carbocycles. The number of H-pyrrole nitrogens is 1. The minimum atomic E-state index is -0.224. The number of piperidine rings is 1. The summed E-state index contributed by atoms with van der Waals surface area (Å²) in [6, 6.07) is 12.5. The van der Waals surface area contributed by atoms with Crippen LogP contribution in [0, 0.1) is 5.92 Å². The SMILES string of the molecule is CNCC1CCCN(C(=O)c2cccc(NC(=O)c3ccc4nc[nH]c4c3)c2)C1.Cl.Cl. The Bertz CT molecular complexity index is 1040. The lowest BCUT2D eigenvalue weighted by molar-refractivity contribution is 0.0674. The van der Waals surface area contributed by atoms with Crippen molar-refractivity contribution in [3.63, 3.8) is 0 Å². The monoisotopic (exact) mass is 463 g/mol. The minimum absolute atomic E-state index is 0. The largest absolute Gasteiger partial charge is 0.345 e. The van der Waals surface area contributed by atoms with Crippen LogP contribution in [0.3, 0.4) is 0 Å². The third kappa shape index (κ3) is 5.76. The first-order chi connectivity index (χ1) is 14.1. The Balaban J connectivity index is 0.00000171. The zero-order valence-electron chi connectivity index (χ0n) is 17.3. The van der Waals surface area contributed by atoms with Gasteiger partial charge in [0.15, 0.2) is 0 Å². The predicted molar refractivity (Wildman–Crippen MR) is 128 cm³/mol. The number of fused-ring (bicyclic) bond motifs is 1. The lowest BCUT2D eigenvalue weighted by Gasteiger charge is -2.32. The first-order valence-corrected chi connectivity index (χ1v) is 9.92. The van der Waals surface area contributed by atoms with E-state index in [1.807, 2.05) is 11.9 Å². The maximum Gasteiger partial charge on any atom is 0.255 e. The Hall–Kier alpha value is -2.61. The molecule has 0 spiro atoms. The molecule has 31 heavy (non-hydrogen) atoms. The standard InChI is InChI=1S/C22H25N5O2.2ClH/c1-23-12-15-4-3-9-27(13-15)22(29)17-5-2-6-18(10-17)26-21(28)16-7-8-19-20(11-16)25-14-24-19;;/h2,5-8,10-11,14-15,23H,3-4,9,12-13H2,1H3,(H,24,25)(H,26,28);2*1H. The van der Waals surface area contributed by atoms with Gasteiger partial charge in [-0.25, -0.2) is 4.98 Å². The van der Waals surface area contributed by atoms with E-state index in [9.17, 15) is 9.59 Å². The van der Waals surface area contributed by atoms with Crippen LogP contribution in [0.5, 0.6) is 0 Å². The van der Waals surface area contributed by atoms with Crippen LogP contribution >= 0.6 is 24.8 Å². The van der Waals surface area contributed by atoms with Crippen molar-refractivity contribution in [3.8, 4) is 0 Å². The second kappa shape index (κ2) is 11.1. The molecule has 0 aliphatic carbocycles. The van der Waals surface area contributed by atoms with Crippen LogP contribution in [-0.4, -0.2) is 53.4 Å². The molecule has 2 amide bonds. The van der Waals surface area contributed by atoms with Gasteiger partial charge in [-0.15, -0.1) is 24.8 Å². The molecule has 0 radical (unpaired) electrons. The molecule has 1 saturated heterocycles. The number of hydrogen-bond acceptors (Lipinski definition) is 4. The molecular weight excluding hydrogens is 437 g/mol. The molecule has 2 heterocycles. The molecule has 0 bridgehead atoms. The number of benzene rings is 2. The number of imidazole rings is 1. The summed E-state index contributed by atoms with van der Waals surface area (Å²) in [6.07, 6.45) is 3.76. The second-order valence-corrected chi connectivity index (χ2v) is 7.49. The van der Waals surface area contributed by atoms with Gasteiger partial charge >= 0.3 is 0 Å². The number of nitrogens with zero attached hydrogens (tertiary/aromatic N) is 2. The van der Waals surface area contributed by atoms with Crippen LogP contribution in [0.25, 0.3) is 11.0 Å². The molecule has 2 aromatic carbocycles. The van der Waals surface area contributed by atoms with Gasteiger partial charge in [0.1, 0.15) is 0 Å². The molecule has 1 aliphatic heterocycles. The number of anilines is 1. The van der Waals surface area contributed by atoms with E-state index in [0.29, 0.717) is 22.7 Å². The highest BCUT2D eigenvalue weighted by Gasteiger charge is 2.24. The van der Waals surface area contributed by atoms with Crippen molar-refractivity contribution in [3.05, 3.63) is 59.9 Å². The number of carbonyl (C=O) groups excluding carboxylic acids is 2. The number of hydrogen-bond donors (Lipinski definition) is 3. The summed E-state index contributed by atoms with van der Waals surface area (Å²) in [7, 11) is 1.94. The molecule has 1 unspecified atom stereocenters. The van der Waals surface area contributed by atoms with E-state index in [4.69, 9.17) is 0 Å². The van der Waals surface area contributed by atoms with Crippen LogP contribution in [-0.2, 0) is 0 Å². The van der Waals surface area contributed by atoms with Gasteiger partial charge < -0.3 is 20.5 Å². The third-order valence-electron chi connectivity index (χ3n) is 5.35. The van der Waals surface area contributed by atoms with Gasteiger partial charge in [0.25, 0.3) is 11.8 Å². The summed E-state index contributed by atoms with van der Waals surface area (Å²) in [6.45, 7) is 2.46. The van der Waals surface area contributed by atoms with Gasteiger partial charge in [-0.2, -0.15) is 0 Å². The maximum atomic E-state index is 13.0. The number of amides is 2. The lowest BCUT2D eigenvalue weighted by Crippen LogP contribution is -2.42. The summed E-state index contributed by atoms with van der Waals surface area (Å²) < 4.78 is 0. The van der Waals surface area contributed by atoms with E-state index < -0.39 is 0 Å². The highest BCUT2D eigenvalue weighted by Crippen LogP contribution is 2.20. The van der Waals surface area contributed by atoms with Crippen molar-refractivity contribution < 1.29 is 9.59 Å². The van der Waals surface area contributed by atoms with E-state index in [1.54, 1.807) is 48.8 Å². The van der Waals surface area contributed by atoms with Crippen LogP contribution in [0.4, 0.5) is 5.69 Å². The maximum absolute atomic E-state index is 13.0. The zero-order chi connectivity index (χ0) is 20.2. The number of aromatic amines is 1. The zero-order valence-corrected chi connectivity index (χ0v) is 18.9. The molecule has 9 heteroatoms. The Labute approximate surface area is 193 Å². The van der Waals surface area contributed by atoms with Gasteiger partial charge in [0.05, 0.1) is 17.4 Å². The molecule has 1 atom stereocenters. The topological polar surface area (TPSA) is 90.1 Å². The lowest BCUT2D eigenvalue weighted by atomic mass is 9.97. The quantitative estimate of drug-likeness (QED) is 0.537. The average Bonchev–Trinajstić information content (AvgIpc) is 3.22. The molecule has 7 nitrogen and oxygen atoms in total. The fraction of sp³-hybridized carbons (Fsp3) is 0.318. The fourth-order valence-electron chi connectivity index (χ4n) is 3.90. The molecule has 1 aliphatic rings. The average molecular weight is 464 g/mol. The summed E-state index contributed by atoms with van der Waals surface area (Å²) in [5.41, 5.74) is 3.35. The van der Waals surface area contributed by atoms with Crippen molar-refractivity contribution in [1.82, 2.24) is 20.2 Å². The molecule has 4 rings (SSSR count). The third-order valence-corrected chi connectivity index (χ3v) is 5.35. The number of aromatic nitrogens is 2. The molecule has 1 fully saturated rings. The van der Waals surface area contributed by atoms with Gasteiger partial charge in [0, 0.05) is 29.9 Å². The van der Waals surface area contributed by atoms with Crippen molar-refractivity contribution >= 4 is 53.3 Å². The van der Waals surface area contributed by atoms with Gasteiger partial charge in [-0.05, 0) is 68.8 Å². The number of likely N-dealkylation sites (tertiary alicyclic amines) is 1. The van der Waals surface area contributed by atoms with Crippen LogP contribution < -0.4 is 10.6 Å². The highest BCUT2D eigenvalue weighted by molar-refractivity contribution is 6.06. The van der Waals surface area contributed by atoms with Crippen molar-refractivity contribution in [2.45, 2.75) is 12.8 Å². The second-order valence-electron chi connectivity index (χ2n) is 7.49. The summed E-state index contributed by atoms with van der Waals surface area (Å²) in [5.74, 6) is 0.275. The van der Waals surface area contributed by atoms with Gasteiger partial charge in [0.2, 0.25) is 0 Å².